The second-order valence-electron chi connectivity index (χ2n) is 3.34. The third-order valence-corrected chi connectivity index (χ3v) is 4.20. The van der Waals surface area contributed by atoms with Crippen LogP contribution in [-0.2, 0) is 4.74 Å². The topological polar surface area (TPSA) is 38.3 Å². The van der Waals surface area contributed by atoms with Crippen molar-refractivity contribution in [3.05, 3.63) is 20.3 Å². The maximum absolute atomic E-state index is 11.7. The fraction of sp³-hybridized carbons (Fsp3) is 0.500. The molecule has 1 aromatic heterocycles. The van der Waals surface area contributed by atoms with Gasteiger partial charge in [-0.15, -0.1) is 11.3 Å². The minimum Gasteiger partial charge on any atom is -0.384 e. The maximum Gasteiger partial charge on any atom is 0.253 e. The van der Waals surface area contributed by atoms with Crippen LogP contribution in [0, 0.1) is 0 Å². The van der Waals surface area contributed by atoms with Crippen LogP contribution in [-0.4, -0.2) is 31.0 Å². The van der Waals surface area contributed by atoms with Crippen molar-refractivity contribution in [2.24, 2.45) is 0 Å². The molecule has 1 heterocycles. The summed E-state index contributed by atoms with van der Waals surface area (Å²) in [6.45, 7) is 1.17. The van der Waals surface area contributed by atoms with Crippen molar-refractivity contribution in [3.63, 3.8) is 0 Å². The Labute approximate surface area is 123 Å². The number of rotatable bonds is 6. The van der Waals surface area contributed by atoms with E-state index >= 15 is 0 Å². The second kappa shape index (κ2) is 7.59. The lowest BCUT2D eigenvalue weighted by molar-refractivity contribution is 0.0952. The van der Waals surface area contributed by atoms with Crippen LogP contribution in [0.4, 0.5) is 0 Å². The highest BCUT2D eigenvalue weighted by atomic mass is 79.9. The highest BCUT2D eigenvalue weighted by molar-refractivity contribution is 9.09. The Balaban J connectivity index is 2.37. The van der Waals surface area contributed by atoms with Crippen LogP contribution in [0.1, 0.15) is 16.8 Å². The minimum atomic E-state index is -0.199. The molecule has 0 aliphatic rings. The first-order valence-electron chi connectivity index (χ1n) is 4.90. The Morgan fingerprint density at radius 3 is 2.88 bits per heavy atom. The Bertz CT molecular complexity index is 386. The molecule has 1 atom stereocenters. The fourth-order valence-corrected chi connectivity index (χ4v) is 3.15. The first-order chi connectivity index (χ1) is 8.04. The number of ether oxygens (including phenoxy) is 1. The summed E-state index contributed by atoms with van der Waals surface area (Å²) in [6.07, 6.45) is 0.787. The standard InChI is InChI=1S/C10H12BrCl2NO2S/c1-16-5-6(11)2-3-14-10(15)7-4-8(12)17-9(7)13/h4,6H,2-3,5H2,1H3,(H,14,15). The first kappa shape index (κ1) is 15.2. The Morgan fingerprint density at radius 2 is 2.35 bits per heavy atom. The monoisotopic (exact) mass is 359 g/mol. The number of nitrogens with one attached hydrogen (secondary N) is 1. The van der Waals surface area contributed by atoms with E-state index in [1.54, 1.807) is 13.2 Å². The molecule has 3 nitrogen and oxygen atoms in total. The van der Waals surface area contributed by atoms with Crippen molar-refractivity contribution in [2.75, 3.05) is 20.3 Å². The van der Waals surface area contributed by atoms with E-state index in [4.69, 9.17) is 27.9 Å². The Morgan fingerprint density at radius 1 is 1.65 bits per heavy atom. The summed E-state index contributed by atoms with van der Waals surface area (Å²) in [4.78, 5) is 12.0. The number of carbonyl (C=O) groups is 1. The number of halogens is 3. The largest absolute Gasteiger partial charge is 0.384 e. The van der Waals surface area contributed by atoms with Gasteiger partial charge in [0.15, 0.2) is 0 Å². The lowest BCUT2D eigenvalue weighted by Crippen LogP contribution is -2.26. The molecular formula is C10H12BrCl2NO2S. The van der Waals surface area contributed by atoms with Crippen LogP contribution < -0.4 is 5.32 Å². The molecule has 96 valence electrons. The smallest absolute Gasteiger partial charge is 0.253 e. The van der Waals surface area contributed by atoms with Gasteiger partial charge in [0.1, 0.15) is 4.34 Å². The van der Waals surface area contributed by atoms with Gasteiger partial charge in [-0.1, -0.05) is 39.1 Å². The van der Waals surface area contributed by atoms with Gasteiger partial charge >= 0.3 is 0 Å². The molecule has 0 saturated heterocycles. The van der Waals surface area contributed by atoms with Gasteiger partial charge in [0.05, 0.1) is 16.5 Å². The molecule has 7 heteroatoms. The fourth-order valence-electron chi connectivity index (χ4n) is 1.20. The van der Waals surface area contributed by atoms with Crippen LogP contribution in [0.2, 0.25) is 8.67 Å². The van der Waals surface area contributed by atoms with E-state index in [1.165, 1.54) is 11.3 Å². The molecule has 17 heavy (non-hydrogen) atoms. The van der Waals surface area contributed by atoms with E-state index in [0.29, 0.717) is 27.4 Å². The van der Waals surface area contributed by atoms with E-state index in [2.05, 4.69) is 21.2 Å². The van der Waals surface area contributed by atoms with Crippen molar-refractivity contribution in [2.45, 2.75) is 11.2 Å². The van der Waals surface area contributed by atoms with Crippen molar-refractivity contribution in [1.82, 2.24) is 5.32 Å². The van der Waals surface area contributed by atoms with Gasteiger partial charge in [0.25, 0.3) is 5.91 Å². The van der Waals surface area contributed by atoms with Gasteiger partial charge < -0.3 is 10.1 Å². The summed E-state index contributed by atoms with van der Waals surface area (Å²) in [6, 6.07) is 1.57. The van der Waals surface area contributed by atoms with Crippen molar-refractivity contribution in [3.8, 4) is 0 Å². The number of hydrogen-bond donors (Lipinski definition) is 1. The molecule has 0 radical (unpaired) electrons. The van der Waals surface area contributed by atoms with Crippen LogP contribution in [0.15, 0.2) is 6.07 Å². The van der Waals surface area contributed by atoms with E-state index in [9.17, 15) is 4.79 Å². The van der Waals surface area contributed by atoms with Crippen LogP contribution >= 0.6 is 50.5 Å². The predicted molar refractivity (Wildman–Crippen MR) is 75.9 cm³/mol. The summed E-state index contributed by atoms with van der Waals surface area (Å²) >= 11 is 16.3. The summed E-state index contributed by atoms with van der Waals surface area (Å²) < 4.78 is 5.90. The molecule has 0 aromatic carbocycles. The van der Waals surface area contributed by atoms with E-state index < -0.39 is 0 Å². The zero-order valence-corrected chi connectivity index (χ0v) is 13.0. The SMILES string of the molecule is COCC(Br)CCNC(=O)c1cc(Cl)sc1Cl. The molecule has 0 bridgehead atoms. The summed E-state index contributed by atoms with van der Waals surface area (Å²) in [5.74, 6) is -0.199. The van der Waals surface area contributed by atoms with Crippen molar-refractivity contribution in [1.29, 1.82) is 0 Å². The highest BCUT2D eigenvalue weighted by Gasteiger charge is 2.14. The summed E-state index contributed by atoms with van der Waals surface area (Å²) in [7, 11) is 1.64. The van der Waals surface area contributed by atoms with Gasteiger partial charge in [-0.25, -0.2) is 0 Å². The quantitative estimate of drug-likeness (QED) is 0.787. The van der Waals surface area contributed by atoms with Gasteiger partial charge in [0, 0.05) is 18.5 Å². The van der Waals surface area contributed by atoms with Gasteiger partial charge in [-0.3, -0.25) is 4.79 Å². The maximum atomic E-state index is 11.7. The second-order valence-corrected chi connectivity index (χ2v) is 6.92. The molecule has 1 unspecified atom stereocenters. The van der Waals surface area contributed by atoms with Crippen LogP contribution in [0.3, 0.4) is 0 Å². The van der Waals surface area contributed by atoms with Crippen molar-refractivity contribution < 1.29 is 9.53 Å². The van der Waals surface area contributed by atoms with E-state index in [1.807, 2.05) is 0 Å². The van der Waals surface area contributed by atoms with Crippen LogP contribution in [0.5, 0.6) is 0 Å². The lowest BCUT2D eigenvalue weighted by atomic mass is 10.3. The van der Waals surface area contributed by atoms with Crippen LogP contribution in [0.25, 0.3) is 0 Å². The summed E-state index contributed by atoms with van der Waals surface area (Å²) in [5, 5.41) is 2.78. The Hall–Kier alpha value is 0.190. The molecule has 1 rings (SSSR count). The van der Waals surface area contributed by atoms with E-state index in [-0.39, 0.29) is 10.7 Å². The molecule has 0 saturated carbocycles. The third-order valence-electron chi connectivity index (χ3n) is 1.99. The van der Waals surface area contributed by atoms with Gasteiger partial charge in [-0.05, 0) is 12.5 Å². The van der Waals surface area contributed by atoms with E-state index in [0.717, 1.165) is 6.42 Å². The minimum absolute atomic E-state index is 0.199. The first-order valence-corrected chi connectivity index (χ1v) is 7.39. The van der Waals surface area contributed by atoms with Crippen molar-refractivity contribution >= 4 is 56.4 Å². The average molecular weight is 361 g/mol. The normalized spacial score (nSPS) is 12.5. The molecule has 0 fully saturated rings. The molecule has 0 spiro atoms. The Kier molecular flexibility index (Phi) is 6.80. The highest BCUT2D eigenvalue weighted by Crippen LogP contribution is 2.30. The summed E-state index contributed by atoms with van der Waals surface area (Å²) in [5.41, 5.74) is 0.430. The number of carbonyl (C=O) groups excluding carboxylic acids is 1. The zero-order chi connectivity index (χ0) is 12.8. The average Bonchev–Trinajstić information content (AvgIpc) is 2.58. The molecule has 0 aliphatic heterocycles. The number of hydrogen-bond acceptors (Lipinski definition) is 3. The number of alkyl halides is 1. The lowest BCUT2D eigenvalue weighted by Gasteiger charge is -2.09. The number of thiophene rings is 1. The molecule has 1 amide bonds. The molecule has 1 aromatic rings. The van der Waals surface area contributed by atoms with Gasteiger partial charge in [0.2, 0.25) is 0 Å². The predicted octanol–water partition coefficient (Wildman–Crippen LogP) is 3.58. The molecule has 0 aliphatic carbocycles. The third kappa shape index (κ3) is 5.14. The zero-order valence-electron chi connectivity index (χ0n) is 9.13. The van der Waals surface area contributed by atoms with Gasteiger partial charge in [-0.2, -0.15) is 0 Å². The molecule has 1 N–H and O–H groups in total. The number of methoxy groups -OCH3 is 1. The number of amides is 1. The molecular weight excluding hydrogens is 349 g/mol.